The van der Waals surface area contributed by atoms with Crippen molar-refractivity contribution in [2.45, 2.75) is 0 Å². The van der Waals surface area contributed by atoms with Crippen LogP contribution in [0.3, 0.4) is 0 Å². The number of carbonyl (C=O) groups is 2. The van der Waals surface area contributed by atoms with Gasteiger partial charge in [-0.25, -0.2) is 9.97 Å². The molecule has 5 aromatic rings. The predicted octanol–water partition coefficient (Wildman–Crippen LogP) is 8.02. The Hall–Kier alpha value is -2.70. The number of hydrogen-bond donors (Lipinski definition) is 2. The van der Waals surface area contributed by atoms with Crippen LogP contribution in [-0.2, 0) is 0 Å². The van der Waals surface area contributed by atoms with E-state index in [0.29, 0.717) is 20.0 Å². The molecule has 0 spiro atoms. The van der Waals surface area contributed by atoms with E-state index in [0.717, 1.165) is 42.8 Å². The maximum atomic E-state index is 12.7. The van der Waals surface area contributed by atoms with E-state index in [1.807, 2.05) is 59.3 Å². The summed E-state index contributed by atoms with van der Waals surface area (Å²) >= 11 is 10.7. The monoisotopic (exact) mass is 644 g/mol. The predicted molar refractivity (Wildman–Crippen MR) is 151 cm³/mol. The Morgan fingerprint density at radius 3 is 1.43 bits per heavy atom. The van der Waals surface area contributed by atoms with Crippen LogP contribution < -0.4 is 10.6 Å². The van der Waals surface area contributed by atoms with Crippen molar-refractivity contribution < 1.29 is 9.59 Å². The standard InChI is InChI=1S/C24H14Br2N4O2S3/c25-15-5-1-13(2-6-15)17-11-33-23(27-17)29-21(31)19-9-10-20(35-19)22(32)30-24-28-18(12-34-24)14-3-7-16(26)8-4-14/h1-12H,(H,27,29,31)(H,28,30,32). The molecular formula is C24H14Br2N4O2S3. The Bertz CT molecular complexity index is 1400. The van der Waals surface area contributed by atoms with Crippen molar-refractivity contribution in [3.8, 4) is 22.5 Å². The molecule has 0 unspecified atom stereocenters. The fraction of sp³-hybridized carbons (Fsp3) is 0. The van der Waals surface area contributed by atoms with Crippen LogP contribution >= 0.6 is 65.9 Å². The number of nitrogens with zero attached hydrogens (tertiary/aromatic N) is 2. The molecule has 2 N–H and O–H groups in total. The van der Waals surface area contributed by atoms with E-state index in [9.17, 15) is 9.59 Å². The third-order valence-corrected chi connectivity index (χ3v) is 8.44. The minimum absolute atomic E-state index is 0.308. The van der Waals surface area contributed by atoms with Gasteiger partial charge in [0, 0.05) is 30.8 Å². The lowest BCUT2D eigenvalue weighted by atomic mass is 10.2. The molecule has 6 nitrogen and oxygen atoms in total. The summed E-state index contributed by atoms with van der Waals surface area (Å²) in [7, 11) is 0. The molecular weight excluding hydrogens is 632 g/mol. The van der Waals surface area contributed by atoms with Gasteiger partial charge in [-0.3, -0.25) is 20.2 Å². The van der Waals surface area contributed by atoms with Gasteiger partial charge in [-0.15, -0.1) is 34.0 Å². The number of hydrogen-bond acceptors (Lipinski definition) is 7. The summed E-state index contributed by atoms with van der Waals surface area (Å²) in [5.41, 5.74) is 3.50. The molecule has 0 aliphatic heterocycles. The highest BCUT2D eigenvalue weighted by Crippen LogP contribution is 2.29. The van der Waals surface area contributed by atoms with Crippen LogP contribution in [0.15, 0.2) is 80.4 Å². The topological polar surface area (TPSA) is 84.0 Å². The van der Waals surface area contributed by atoms with E-state index >= 15 is 0 Å². The minimum atomic E-state index is -0.308. The SMILES string of the molecule is O=C(Nc1nc(-c2ccc(Br)cc2)cs1)c1ccc(C(=O)Nc2nc(-c3ccc(Br)cc3)cs2)s1. The van der Waals surface area contributed by atoms with Gasteiger partial charge in [0.25, 0.3) is 11.8 Å². The number of amides is 2. The first kappa shape index (κ1) is 24.0. The van der Waals surface area contributed by atoms with Gasteiger partial charge in [-0.2, -0.15) is 0 Å². The van der Waals surface area contributed by atoms with Gasteiger partial charge in [0.15, 0.2) is 10.3 Å². The van der Waals surface area contributed by atoms with Crippen LogP contribution in [-0.4, -0.2) is 21.8 Å². The first-order valence-electron chi connectivity index (χ1n) is 10.1. The average Bonchev–Trinajstić information content (AvgIpc) is 3.61. The zero-order valence-electron chi connectivity index (χ0n) is 17.6. The molecule has 2 amide bonds. The van der Waals surface area contributed by atoms with E-state index in [1.54, 1.807) is 12.1 Å². The highest BCUT2D eigenvalue weighted by Gasteiger charge is 2.17. The molecule has 2 aromatic carbocycles. The van der Waals surface area contributed by atoms with Crippen molar-refractivity contribution in [1.82, 2.24) is 9.97 Å². The fourth-order valence-electron chi connectivity index (χ4n) is 3.07. The van der Waals surface area contributed by atoms with Gasteiger partial charge in [0.05, 0.1) is 21.1 Å². The number of carbonyl (C=O) groups excluding carboxylic acids is 2. The maximum Gasteiger partial charge on any atom is 0.267 e. The molecule has 0 aliphatic carbocycles. The van der Waals surface area contributed by atoms with Gasteiger partial charge in [0.1, 0.15) is 0 Å². The molecule has 5 rings (SSSR count). The quantitative estimate of drug-likeness (QED) is 0.196. The van der Waals surface area contributed by atoms with Crippen LogP contribution in [0.25, 0.3) is 22.5 Å². The van der Waals surface area contributed by atoms with Crippen LogP contribution in [0.4, 0.5) is 10.3 Å². The molecule has 0 fully saturated rings. The van der Waals surface area contributed by atoms with E-state index in [1.165, 1.54) is 22.7 Å². The molecule has 3 aromatic heterocycles. The number of nitrogens with one attached hydrogen (secondary N) is 2. The van der Waals surface area contributed by atoms with Crippen LogP contribution in [0.5, 0.6) is 0 Å². The molecule has 0 saturated heterocycles. The number of thiophene rings is 1. The lowest BCUT2D eigenvalue weighted by molar-refractivity contribution is 0.102. The summed E-state index contributed by atoms with van der Waals surface area (Å²) in [5, 5.41) is 10.4. The van der Waals surface area contributed by atoms with Gasteiger partial charge < -0.3 is 0 Å². The number of anilines is 2. The number of rotatable bonds is 6. The second kappa shape index (κ2) is 10.5. The number of benzene rings is 2. The Balaban J connectivity index is 1.22. The summed E-state index contributed by atoms with van der Waals surface area (Å²) in [6.07, 6.45) is 0. The van der Waals surface area contributed by atoms with Gasteiger partial charge >= 0.3 is 0 Å². The van der Waals surface area contributed by atoms with Crippen molar-refractivity contribution in [3.05, 3.63) is 90.1 Å². The van der Waals surface area contributed by atoms with E-state index in [-0.39, 0.29) is 11.8 Å². The number of halogens is 2. The van der Waals surface area contributed by atoms with Crippen molar-refractivity contribution in [3.63, 3.8) is 0 Å². The zero-order valence-corrected chi connectivity index (χ0v) is 23.2. The maximum absolute atomic E-state index is 12.7. The number of thiazole rings is 2. The van der Waals surface area contributed by atoms with E-state index in [2.05, 4.69) is 52.5 Å². The summed E-state index contributed by atoms with van der Waals surface area (Å²) < 4.78 is 1.98. The minimum Gasteiger partial charge on any atom is -0.297 e. The summed E-state index contributed by atoms with van der Waals surface area (Å²) in [5.74, 6) is -0.616. The molecule has 0 aliphatic rings. The average molecular weight is 646 g/mol. The van der Waals surface area contributed by atoms with Gasteiger partial charge in [0.2, 0.25) is 0 Å². The lowest BCUT2D eigenvalue weighted by Gasteiger charge is -2.00. The largest absolute Gasteiger partial charge is 0.297 e. The lowest BCUT2D eigenvalue weighted by Crippen LogP contribution is -2.11. The molecule has 0 radical (unpaired) electrons. The Morgan fingerprint density at radius 1 is 0.629 bits per heavy atom. The second-order valence-electron chi connectivity index (χ2n) is 7.16. The molecule has 11 heteroatoms. The number of aromatic nitrogens is 2. The van der Waals surface area contributed by atoms with Crippen LogP contribution in [0.2, 0.25) is 0 Å². The third-order valence-electron chi connectivity index (χ3n) is 4.78. The molecule has 0 bridgehead atoms. The van der Waals surface area contributed by atoms with Crippen molar-refractivity contribution in [2.24, 2.45) is 0 Å². The summed E-state index contributed by atoms with van der Waals surface area (Å²) in [4.78, 5) is 35.2. The van der Waals surface area contributed by atoms with Crippen molar-refractivity contribution >= 4 is 87.9 Å². The van der Waals surface area contributed by atoms with Gasteiger partial charge in [-0.1, -0.05) is 56.1 Å². The van der Waals surface area contributed by atoms with Crippen LogP contribution in [0.1, 0.15) is 19.3 Å². The van der Waals surface area contributed by atoms with Gasteiger partial charge in [-0.05, 0) is 36.4 Å². The molecule has 0 saturated carbocycles. The highest BCUT2D eigenvalue weighted by molar-refractivity contribution is 9.10. The Morgan fingerprint density at radius 2 is 1.03 bits per heavy atom. The highest BCUT2D eigenvalue weighted by atomic mass is 79.9. The molecule has 174 valence electrons. The molecule has 3 heterocycles. The smallest absolute Gasteiger partial charge is 0.267 e. The van der Waals surface area contributed by atoms with E-state index < -0.39 is 0 Å². The van der Waals surface area contributed by atoms with Crippen molar-refractivity contribution in [2.75, 3.05) is 10.6 Å². The molecule has 0 atom stereocenters. The summed E-state index contributed by atoms with van der Waals surface area (Å²) in [6, 6.07) is 18.9. The van der Waals surface area contributed by atoms with Crippen molar-refractivity contribution in [1.29, 1.82) is 0 Å². The Labute approximate surface area is 229 Å². The second-order valence-corrected chi connectivity index (χ2v) is 11.8. The molecule has 35 heavy (non-hydrogen) atoms. The fourth-order valence-corrected chi connectivity index (χ4v) is 5.82. The van der Waals surface area contributed by atoms with Crippen LogP contribution in [0, 0.1) is 0 Å². The summed E-state index contributed by atoms with van der Waals surface area (Å²) in [6.45, 7) is 0. The normalized spacial score (nSPS) is 10.8. The third kappa shape index (κ3) is 5.76. The van der Waals surface area contributed by atoms with E-state index in [4.69, 9.17) is 0 Å². The Kier molecular flexibility index (Phi) is 7.21. The first-order valence-corrected chi connectivity index (χ1v) is 14.3. The zero-order chi connectivity index (χ0) is 24.4. The first-order chi connectivity index (χ1) is 16.9.